The minimum atomic E-state index is 0.446. The van der Waals surface area contributed by atoms with Gasteiger partial charge in [0.15, 0.2) is 17.1 Å². The molecule has 1 saturated heterocycles. The molecule has 11 nitrogen and oxygen atoms in total. The van der Waals surface area contributed by atoms with Gasteiger partial charge in [0.25, 0.3) is 0 Å². The highest BCUT2D eigenvalue weighted by Gasteiger charge is 2.17. The molecule has 0 unspecified atom stereocenters. The first-order valence-electron chi connectivity index (χ1n) is 12.1. The number of piperidine rings is 1. The van der Waals surface area contributed by atoms with Crippen LogP contribution in [0.4, 0.5) is 11.5 Å². The Hall–Kier alpha value is -4.51. The van der Waals surface area contributed by atoms with Gasteiger partial charge < -0.3 is 19.6 Å². The number of nitrogens with one attached hydrogen (secondary N) is 1. The molecule has 1 aliphatic heterocycles. The molecule has 0 aliphatic carbocycles. The van der Waals surface area contributed by atoms with Gasteiger partial charge >= 0.3 is 0 Å². The number of hydroxylamine groups is 2. The number of rotatable bonds is 7. The molecule has 11 heteroatoms. The van der Waals surface area contributed by atoms with Crippen LogP contribution in [-0.2, 0) is 0 Å². The normalized spacial score (nSPS) is 14.1. The third-order valence-corrected chi connectivity index (χ3v) is 6.28. The lowest BCUT2D eigenvalue weighted by molar-refractivity contribution is -0.0734. The van der Waals surface area contributed by atoms with E-state index in [0.29, 0.717) is 34.6 Å². The van der Waals surface area contributed by atoms with E-state index in [2.05, 4.69) is 30.5 Å². The summed E-state index contributed by atoms with van der Waals surface area (Å²) in [5.74, 6) is 3.09. The smallest absolute Gasteiger partial charge is 0.224 e. The zero-order valence-corrected chi connectivity index (χ0v) is 20.6. The summed E-state index contributed by atoms with van der Waals surface area (Å²) in [5, 5.41) is 14.1. The van der Waals surface area contributed by atoms with Crippen LogP contribution in [0, 0.1) is 6.92 Å². The standard InChI is InChI=1S/C26H26N8O3/c1-17-10-18(6-7-21(17)36-25-13-24-32-30-16-33(24)15-29-25)31-26-19-11-23(37-34-8-4-3-5-9-34)22(35-2)12-20(19)27-14-28-26/h6-7,10-16H,3-5,8-9H2,1-2H3,(H,27,28,31). The van der Waals surface area contributed by atoms with Gasteiger partial charge in [-0.15, -0.1) is 15.3 Å². The summed E-state index contributed by atoms with van der Waals surface area (Å²) in [5.41, 5.74) is 3.21. The largest absolute Gasteiger partial charge is 0.493 e. The molecule has 6 rings (SSSR count). The van der Waals surface area contributed by atoms with E-state index in [-0.39, 0.29) is 0 Å². The van der Waals surface area contributed by atoms with Crippen LogP contribution >= 0.6 is 0 Å². The fourth-order valence-electron chi connectivity index (χ4n) is 4.35. The zero-order chi connectivity index (χ0) is 25.2. The first kappa shape index (κ1) is 22.9. The lowest BCUT2D eigenvalue weighted by Gasteiger charge is -2.26. The number of aryl methyl sites for hydroxylation is 1. The van der Waals surface area contributed by atoms with E-state index >= 15 is 0 Å². The Balaban J connectivity index is 1.26. The monoisotopic (exact) mass is 498 g/mol. The number of anilines is 2. The van der Waals surface area contributed by atoms with Crippen molar-refractivity contribution < 1.29 is 14.3 Å². The number of hydrogen-bond acceptors (Lipinski definition) is 10. The summed E-state index contributed by atoms with van der Waals surface area (Å²) < 4.78 is 13.3. The molecule has 1 aliphatic rings. The van der Waals surface area contributed by atoms with Crippen molar-refractivity contribution in [1.82, 2.24) is 34.6 Å². The molecule has 1 fully saturated rings. The highest BCUT2D eigenvalue weighted by Crippen LogP contribution is 2.36. The van der Waals surface area contributed by atoms with Crippen LogP contribution in [0.2, 0.25) is 0 Å². The highest BCUT2D eigenvalue weighted by molar-refractivity contribution is 5.93. The fourth-order valence-corrected chi connectivity index (χ4v) is 4.35. The third-order valence-electron chi connectivity index (χ3n) is 6.28. The zero-order valence-electron chi connectivity index (χ0n) is 20.6. The minimum Gasteiger partial charge on any atom is -0.493 e. The first-order chi connectivity index (χ1) is 18.2. The van der Waals surface area contributed by atoms with Gasteiger partial charge in [0, 0.05) is 36.3 Å². The number of aromatic nitrogens is 6. The Morgan fingerprint density at radius 3 is 2.62 bits per heavy atom. The van der Waals surface area contributed by atoms with Crippen molar-refractivity contribution in [1.29, 1.82) is 0 Å². The summed E-state index contributed by atoms with van der Waals surface area (Å²) >= 11 is 0. The third kappa shape index (κ3) is 4.81. The molecule has 188 valence electrons. The second-order valence-corrected chi connectivity index (χ2v) is 8.85. The summed E-state index contributed by atoms with van der Waals surface area (Å²) in [6, 6.07) is 11.4. The van der Waals surface area contributed by atoms with Gasteiger partial charge in [0.1, 0.15) is 30.5 Å². The summed E-state index contributed by atoms with van der Waals surface area (Å²) in [6.45, 7) is 3.77. The first-order valence-corrected chi connectivity index (χ1v) is 12.1. The maximum atomic E-state index is 6.20. The van der Waals surface area contributed by atoms with Crippen LogP contribution in [-0.4, -0.2) is 54.8 Å². The van der Waals surface area contributed by atoms with Crippen molar-refractivity contribution in [3.05, 3.63) is 60.9 Å². The molecule has 0 radical (unpaired) electrons. The molecule has 0 amide bonds. The van der Waals surface area contributed by atoms with Crippen molar-refractivity contribution in [2.45, 2.75) is 26.2 Å². The Kier molecular flexibility index (Phi) is 6.11. The number of ether oxygens (including phenoxy) is 2. The van der Waals surface area contributed by atoms with E-state index < -0.39 is 0 Å². The van der Waals surface area contributed by atoms with Gasteiger partial charge in [-0.05, 0) is 49.6 Å². The Bertz CT molecular complexity index is 1560. The lowest BCUT2D eigenvalue weighted by Crippen LogP contribution is -2.32. The molecule has 0 atom stereocenters. The number of fused-ring (bicyclic) bond motifs is 2. The van der Waals surface area contributed by atoms with Crippen LogP contribution in [0.25, 0.3) is 16.6 Å². The van der Waals surface area contributed by atoms with Gasteiger partial charge in [0.2, 0.25) is 5.88 Å². The molecule has 5 aromatic rings. The van der Waals surface area contributed by atoms with E-state index in [0.717, 1.165) is 48.1 Å². The van der Waals surface area contributed by atoms with Gasteiger partial charge in [-0.2, -0.15) is 0 Å². The van der Waals surface area contributed by atoms with Crippen molar-refractivity contribution in [2.75, 3.05) is 25.5 Å². The fraction of sp³-hybridized carbons (Fsp3) is 0.269. The number of benzene rings is 2. The summed E-state index contributed by atoms with van der Waals surface area (Å²) in [4.78, 5) is 19.4. The van der Waals surface area contributed by atoms with Crippen LogP contribution in [0.5, 0.6) is 23.1 Å². The van der Waals surface area contributed by atoms with Crippen LogP contribution in [0.1, 0.15) is 24.8 Å². The molecule has 0 bridgehead atoms. The minimum absolute atomic E-state index is 0.446. The molecular weight excluding hydrogens is 472 g/mol. The molecular formula is C26H26N8O3. The van der Waals surface area contributed by atoms with E-state index in [1.54, 1.807) is 30.2 Å². The van der Waals surface area contributed by atoms with Gasteiger partial charge in [-0.25, -0.2) is 15.0 Å². The van der Waals surface area contributed by atoms with Gasteiger partial charge in [-0.3, -0.25) is 4.40 Å². The van der Waals surface area contributed by atoms with Gasteiger partial charge in [-0.1, -0.05) is 6.42 Å². The molecule has 1 N–H and O–H groups in total. The molecule has 2 aromatic carbocycles. The predicted molar refractivity (Wildman–Crippen MR) is 137 cm³/mol. The summed E-state index contributed by atoms with van der Waals surface area (Å²) in [6.07, 6.45) is 8.22. The molecule has 37 heavy (non-hydrogen) atoms. The predicted octanol–water partition coefficient (Wildman–Crippen LogP) is 4.70. The average Bonchev–Trinajstić information content (AvgIpc) is 3.39. The van der Waals surface area contributed by atoms with Crippen LogP contribution in [0.15, 0.2) is 55.4 Å². The average molecular weight is 499 g/mol. The van der Waals surface area contributed by atoms with Crippen LogP contribution in [0.3, 0.4) is 0 Å². The van der Waals surface area contributed by atoms with Crippen molar-refractivity contribution in [3.63, 3.8) is 0 Å². The Morgan fingerprint density at radius 1 is 0.892 bits per heavy atom. The second-order valence-electron chi connectivity index (χ2n) is 8.85. The Labute approximate surface area is 213 Å². The quantitative estimate of drug-likeness (QED) is 0.339. The second kappa shape index (κ2) is 9.86. The van der Waals surface area contributed by atoms with E-state index in [4.69, 9.17) is 14.3 Å². The molecule has 3 aromatic heterocycles. The van der Waals surface area contributed by atoms with E-state index in [1.807, 2.05) is 42.3 Å². The van der Waals surface area contributed by atoms with Crippen molar-refractivity contribution >= 4 is 28.1 Å². The van der Waals surface area contributed by atoms with Crippen molar-refractivity contribution in [3.8, 4) is 23.1 Å². The number of nitrogens with zero attached hydrogens (tertiary/aromatic N) is 7. The maximum Gasteiger partial charge on any atom is 0.224 e. The SMILES string of the molecule is COc1cc2ncnc(Nc3ccc(Oc4cc5nncn5cn4)c(C)c3)c2cc1ON1CCCCC1. The van der Waals surface area contributed by atoms with E-state index in [9.17, 15) is 0 Å². The molecule has 0 spiro atoms. The van der Waals surface area contributed by atoms with E-state index in [1.165, 1.54) is 12.7 Å². The van der Waals surface area contributed by atoms with Gasteiger partial charge in [0.05, 0.1) is 12.6 Å². The summed E-state index contributed by atoms with van der Waals surface area (Å²) in [7, 11) is 1.64. The van der Waals surface area contributed by atoms with Crippen LogP contribution < -0.4 is 19.6 Å². The number of methoxy groups -OCH3 is 1. The highest BCUT2D eigenvalue weighted by atomic mass is 16.7. The maximum absolute atomic E-state index is 6.20. The molecule has 4 heterocycles. The number of hydrogen-bond donors (Lipinski definition) is 1. The molecule has 0 saturated carbocycles. The topological polar surface area (TPSA) is 112 Å². The van der Waals surface area contributed by atoms with Crippen molar-refractivity contribution in [2.24, 2.45) is 0 Å². The Morgan fingerprint density at radius 2 is 1.78 bits per heavy atom. The lowest BCUT2D eigenvalue weighted by atomic mass is 10.1.